The summed E-state index contributed by atoms with van der Waals surface area (Å²) in [6.45, 7) is 2.43. The Morgan fingerprint density at radius 1 is 1.10 bits per heavy atom. The largest absolute Gasteiger partial charge is 0.325 e. The van der Waals surface area contributed by atoms with Gasteiger partial charge in [-0.1, -0.05) is 42.5 Å². The van der Waals surface area contributed by atoms with E-state index in [1.54, 1.807) is 46.8 Å². The third kappa shape index (κ3) is 5.84. The van der Waals surface area contributed by atoms with Crippen LogP contribution in [0.2, 0.25) is 0 Å². The zero-order valence-corrected chi connectivity index (χ0v) is 19.1. The predicted octanol–water partition coefficient (Wildman–Crippen LogP) is 5.43. The Labute approximate surface area is 188 Å². The highest BCUT2D eigenvalue weighted by molar-refractivity contribution is 7.97. The van der Waals surface area contributed by atoms with Gasteiger partial charge in [0.05, 0.1) is 16.3 Å². The average Bonchev–Trinajstić information content (AvgIpc) is 3.42. The Kier molecular flexibility index (Phi) is 8.30. The van der Waals surface area contributed by atoms with Crippen LogP contribution in [-0.4, -0.2) is 23.3 Å². The van der Waals surface area contributed by atoms with Crippen LogP contribution in [0.4, 0.5) is 0 Å². The van der Waals surface area contributed by atoms with E-state index in [2.05, 4.69) is 26.8 Å². The summed E-state index contributed by atoms with van der Waals surface area (Å²) in [4.78, 5) is 22.1. The van der Waals surface area contributed by atoms with E-state index >= 15 is 0 Å². The maximum absolute atomic E-state index is 10.7. The molecule has 8 heteroatoms. The zero-order valence-electron chi connectivity index (χ0n) is 16.7. The first-order chi connectivity index (χ1) is 14.6. The topological polar surface area (TPSA) is 80.9 Å². The van der Waals surface area contributed by atoms with Gasteiger partial charge in [0, 0.05) is 27.9 Å². The number of hydrogen-bond donors (Lipinski definition) is 2. The van der Waals surface area contributed by atoms with Crippen molar-refractivity contribution in [3.8, 4) is 21.1 Å². The van der Waals surface area contributed by atoms with Crippen molar-refractivity contribution < 1.29 is 4.79 Å². The lowest BCUT2D eigenvalue weighted by molar-refractivity contribution is 0.112. The molecule has 0 atom stereocenters. The number of aldehydes is 1. The molecule has 0 aliphatic rings. The molecular weight excluding hydrogens is 432 g/mol. The van der Waals surface area contributed by atoms with Gasteiger partial charge < -0.3 is 5.73 Å². The normalized spacial score (nSPS) is 10.4. The number of nitrogens with zero attached hydrogens (tertiary/aromatic N) is 2. The summed E-state index contributed by atoms with van der Waals surface area (Å²) in [5.41, 5.74) is 9.22. The number of nitrogens with two attached hydrogens (primary N) is 1. The lowest BCUT2D eigenvalue weighted by Gasteiger charge is -1.96. The first-order valence-electron chi connectivity index (χ1n) is 9.21. The van der Waals surface area contributed by atoms with Crippen LogP contribution in [0.25, 0.3) is 21.1 Å². The molecule has 4 aromatic rings. The summed E-state index contributed by atoms with van der Waals surface area (Å²) in [6, 6.07) is 17.6. The molecule has 2 aromatic heterocycles. The SMILES string of the molecule is CNSc1ccccc1.Cc1nc(CN)sc1-c1csc(-c2ccc(C=O)cc2)n1. The molecule has 154 valence electrons. The molecule has 5 nitrogen and oxygen atoms in total. The van der Waals surface area contributed by atoms with Crippen LogP contribution in [0.5, 0.6) is 0 Å². The number of nitrogens with one attached hydrogen (secondary N) is 1. The van der Waals surface area contributed by atoms with E-state index < -0.39 is 0 Å². The van der Waals surface area contributed by atoms with Crippen LogP contribution >= 0.6 is 34.6 Å². The summed E-state index contributed by atoms with van der Waals surface area (Å²) >= 11 is 4.80. The summed E-state index contributed by atoms with van der Waals surface area (Å²) < 4.78 is 3.00. The van der Waals surface area contributed by atoms with Crippen LogP contribution in [0, 0.1) is 6.92 Å². The van der Waals surface area contributed by atoms with Gasteiger partial charge >= 0.3 is 0 Å². The van der Waals surface area contributed by atoms with Crippen molar-refractivity contribution in [3.63, 3.8) is 0 Å². The maximum atomic E-state index is 10.7. The highest BCUT2D eigenvalue weighted by atomic mass is 32.2. The van der Waals surface area contributed by atoms with Crippen LogP contribution in [0.15, 0.2) is 64.9 Å². The number of benzene rings is 2. The predicted molar refractivity (Wildman–Crippen MR) is 128 cm³/mol. The number of aryl methyl sites for hydroxylation is 1. The Bertz CT molecular complexity index is 1080. The van der Waals surface area contributed by atoms with Gasteiger partial charge in [0.15, 0.2) is 0 Å². The van der Waals surface area contributed by atoms with Gasteiger partial charge in [-0.3, -0.25) is 9.52 Å². The number of aromatic nitrogens is 2. The Hall–Kier alpha value is -2.36. The standard InChI is InChI=1S/C15H13N3OS2.C7H9NS/c1-9-14(21-13(6-16)17-9)12-8-20-15(18-12)11-4-2-10(7-19)3-5-11;1-8-9-7-5-3-2-4-6-7/h2-5,7-8H,6,16H2,1H3;2-6,8H,1H3. The zero-order chi connectivity index (χ0) is 21.3. The summed E-state index contributed by atoms with van der Waals surface area (Å²) in [7, 11) is 1.91. The summed E-state index contributed by atoms with van der Waals surface area (Å²) in [6.07, 6.45) is 0.839. The fraction of sp³-hybridized carbons (Fsp3) is 0.136. The maximum Gasteiger partial charge on any atom is 0.150 e. The van der Waals surface area contributed by atoms with E-state index in [-0.39, 0.29) is 0 Å². The van der Waals surface area contributed by atoms with Gasteiger partial charge in [-0.25, -0.2) is 9.97 Å². The van der Waals surface area contributed by atoms with Crippen molar-refractivity contribution in [1.82, 2.24) is 14.7 Å². The first-order valence-corrected chi connectivity index (χ1v) is 11.7. The van der Waals surface area contributed by atoms with Gasteiger partial charge in [-0.05, 0) is 38.1 Å². The molecule has 0 radical (unpaired) electrons. The molecule has 2 aromatic carbocycles. The minimum atomic E-state index is 0.454. The Morgan fingerprint density at radius 3 is 2.43 bits per heavy atom. The molecule has 0 aliphatic carbocycles. The van der Waals surface area contributed by atoms with Gasteiger partial charge in [0.1, 0.15) is 16.3 Å². The first kappa shape index (κ1) is 22.3. The average molecular weight is 455 g/mol. The number of carbonyl (C=O) groups is 1. The third-order valence-electron chi connectivity index (χ3n) is 4.01. The minimum Gasteiger partial charge on any atom is -0.325 e. The van der Waals surface area contributed by atoms with Gasteiger partial charge in [-0.2, -0.15) is 0 Å². The highest BCUT2D eigenvalue weighted by Crippen LogP contribution is 2.33. The third-order valence-corrected chi connectivity index (χ3v) is 6.81. The second-order valence-electron chi connectivity index (χ2n) is 6.12. The second kappa shape index (κ2) is 11.1. The fourth-order valence-corrected chi connectivity index (χ4v) is 4.92. The van der Waals surface area contributed by atoms with Crippen LogP contribution in [0.1, 0.15) is 21.1 Å². The van der Waals surface area contributed by atoms with E-state index in [0.717, 1.165) is 38.1 Å². The monoisotopic (exact) mass is 454 g/mol. The van der Waals surface area contributed by atoms with E-state index in [0.29, 0.717) is 12.1 Å². The van der Waals surface area contributed by atoms with Crippen molar-refractivity contribution in [2.24, 2.45) is 5.73 Å². The molecule has 0 aliphatic heterocycles. The van der Waals surface area contributed by atoms with E-state index in [1.165, 1.54) is 4.90 Å². The lowest BCUT2D eigenvalue weighted by Crippen LogP contribution is -1.94. The number of hydrogen-bond acceptors (Lipinski definition) is 8. The molecular formula is C22H22N4OS3. The van der Waals surface area contributed by atoms with Crippen LogP contribution in [0.3, 0.4) is 0 Å². The van der Waals surface area contributed by atoms with Gasteiger partial charge in [-0.15, -0.1) is 22.7 Å². The van der Waals surface area contributed by atoms with Crippen molar-refractivity contribution in [1.29, 1.82) is 0 Å². The Morgan fingerprint density at radius 2 is 1.83 bits per heavy atom. The lowest BCUT2D eigenvalue weighted by atomic mass is 10.1. The second-order valence-corrected chi connectivity index (χ2v) is 9.15. The molecule has 0 unspecified atom stereocenters. The molecule has 0 amide bonds. The molecule has 4 rings (SSSR count). The molecule has 0 fully saturated rings. The molecule has 0 saturated heterocycles. The van der Waals surface area contributed by atoms with Crippen LogP contribution < -0.4 is 10.5 Å². The molecule has 0 bridgehead atoms. The molecule has 0 spiro atoms. The fourth-order valence-electron chi connectivity index (χ4n) is 2.60. The van der Waals surface area contributed by atoms with Crippen molar-refractivity contribution in [2.45, 2.75) is 18.4 Å². The summed E-state index contributed by atoms with van der Waals surface area (Å²) in [5, 5.41) is 3.89. The van der Waals surface area contributed by atoms with Crippen LogP contribution in [-0.2, 0) is 6.54 Å². The smallest absolute Gasteiger partial charge is 0.150 e. The quantitative estimate of drug-likeness (QED) is 0.299. The molecule has 3 N–H and O–H groups in total. The van der Waals surface area contributed by atoms with E-state index in [4.69, 9.17) is 5.73 Å². The molecule has 0 saturated carbocycles. The van der Waals surface area contributed by atoms with Crippen molar-refractivity contribution >= 4 is 40.9 Å². The van der Waals surface area contributed by atoms with E-state index in [9.17, 15) is 4.79 Å². The van der Waals surface area contributed by atoms with Gasteiger partial charge in [0.25, 0.3) is 0 Å². The molecule has 30 heavy (non-hydrogen) atoms. The molecule has 2 heterocycles. The number of carbonyl (C=O) groups excluding carboxylic acids is 1. The number of thiazole rings is 2. The minimum absolute atomic E-state index is 0.454. The Balaban J connectivity index is 0.000000239. The van der Waals surface area contributed by atoms with Crippen molar-refractivity contribution in [3.05, 3.63) is 76.2 Å². The van der Waals surface area contributed by atoms with Crippen molar-refractivity contribution in [2.75, 3.05) is 7.05 Å². The summed E-state index contributed by atoms with van der Waals surface area (Å²) in [5.74, 6) is 0. The van der Waals surface area contributed by atoms with E-state index in [1.807, 2.05) is 49.7 Å². The highest BCUT2D eigenvalue weighted by Gasteiger charge is 2.13. The van der Waals surface area contributed by atoms with Gasteiger partial charge in [0.2, 0.25) is 0 Å². The number of rotatable bonds is 6.